The minimum Gasteiger partial charge on any atom is -0.359 e. The molecule has 0 saturated heterocycles. The van der Waals surface area contributed by atoms with Gasteiger partial charge in [0, 0.05) is 10.6 Å². The number of aromatic nitrogens is 2. The molecule has 0 N–H and O–H groups in total. The summed E-state index contributed by atoms with van der Waals surface area (Å²) in [5, 5.41) is 15.2. The number of fused-ring (bicyclic) bond motifs is 1. The van der Waals surface area contributed by atoms with Gasteiger partial charge in [0.1, 0.15) is 4.90 Å². The van der Waals surface area contributed by atoms with E-state index in [0.29, 0.717) is 0 Å². The van der Waals surface area contributed by atoms with Gasteiger partial charge in [-0.05, 0) is 17.0 Å². The standard InChI is InChI=1S/C8H6N2O4S/c1-2-15(12,13)7-5-3-4-6-8(7)9-14-10(6)11/h2-5H,1H2. The number of nitrogens with zero attached hydrogens (tertiary/aromatic N) is 2. The summed E-state index contributed by atoms with van der Waals surface area (Å²) in [6.07, 6.45) is 0. The fraction of sp³-hybridized carbons (Fsp3) is 0. The van der Waals surface area contributed by atoms with Crippen molar-refractivity contribution in [2.24, 2.45) is 0 Å². The third kappa shape index (κ3) is 1.37. The van der Waals surface area contributed by atoms with Crippen molar-refractivity contribution in [1.82, 2.24) is 5.16 Å². The third-order valence-electron chi connectivity index (χ3n) is 1.91. The van der Waals surface area contributed by atoms with E-state index < -0.39 is 9.84 Å². The molecule has 0 spiro atoms. The van der Waals surface area contributed by atoms with Gasteiger partial charge in [0.05, 0.1) is 0 Å². The molecule has 0 aliphatic carbocycles. The number of sulfone groups is 1. The highest BCUT2D eigenvalue weighted by molar-refractivity contribution is 7.94. The Morgan fingerprint density at radius 2 is 2.27 bits per heavy atom. The first-order valence-corrected chi connectivity index (χ1v) is 5.47. The number of benzene rings is 1. The Kier molecular flexibility index (Phi) is 1.97. The van der Waals surface area contributed by atoms with Crippen LogP contribution in [0.4, 0.5) is 0 Å². The molecule has 0 fully saturated rings. The zero-order valence-electron chi connectivity index (χ0n) is 7.45. The molecule has 7 heteroatoms. The van der Waals surface area contributed by atoms with Gasteiger partial charge in [-0.3, -0.25) is 4.63 Å². The first-order chi connectivity index (χ1) is 7.06. The quantitative estimate of drug-likeness (QED) is 0.691. The molecule has 1 aromatic carbocycles. The largest absolute Gasteiger partial charge is 0.359 e. The van der Waals surface area contributed by atoms with Crippen molar-refractivity contribution in [3.63, 3.8) is 0 Å². The highest BCUT2D eigenvalue weighted by Crippen LogP contribution is 2.20. The predicted octanol–water partition coefficient (Wildman–Crippen LogP) is 0.378. The van der Waals surface area contributed by atoms with Gasteiger partial charge in [0.25, 0.3) is 5.52 Å². The molecule has 0 unspecified atom stereocenters. The molecule has 0 saturated carbocycles. The molecule has 2 rings (SSSR count). The maximum Gasteiger partial charge on any atom is 0.267 e. The van der Waals surface area contributed by atoms with Gasteiger partial charge in [-0.1, -0.05) is 12.6 Å². The molecule has 0 amide bonds. The third-order valence-corrected chi connectivity index (χ3v) is 3.29. The van der Waals surface area contributed by atoms with Crippen molar-refractivity contribution < 1.29 is 17.9 Å². The molecule has 0 aliphatic heterocycles. The lowest BCUT2D eigenvalue weighted by Gasteiger charge is -1.94. The van der Waals surface area contributed by atoms with Crippen LogP contribution in [0.3, 0.4) is 0 Å². The number of rotatable bonds is 2. The minimum absolute atomic E-state index is 0.00685. The van der Waals surface area contributed by atoms with Gasteiger partial charge in [0.2, 0.25) is 15.4 Å². The Balaban J connectivity index is 2.89. The summed E-state index contributed by atoms with van der Waals surface area (Å²) in [6, 6.07) is 4.19. The Morgan fingerprint density at radius 1 is 1.53 bits per heavy atom. The van der Waals surface area contributed by atoms with E-state index in [2.05, 4.69) is 16.4 Å². The Morgan fingerprint density at radius 3 is 2.93 bits per heavy atom. The van der Waals surface area contributed by atoms with Gasteiger partial charge in [-0.25, -0.2) is 8.42 Å². The average molecular weight is 226 g/mol. The molecular weight excluding hydrogens is 220 g/mol. The van der Waals surface area contributed by atoms with Crippen LogP contribution in [0.15, 0.2) is 39.7 Å². The van der Waals surface area contributed by atoms with Gasteiger partial charge >= 0.3 is 0 Å². The molecule has 1 aromatic heterocycles. The normalized spacial score (nSPS) is 11.7. The lowest BCUT2D eigenvalue weighted by molar-refractivity contribution is -0.782. The van der Waals surface area contributed by atoms with E-state index in [1.807, 2.05) is 0 Å². The predicted molar refractivity (Wildman–Crippen MR) is 50.4 cm³/mol. The van der Waals surface area contributed by atoms with Crippen LogP contribution < -0.4 is 4.90 Å². The van der Waals surface area contributed by atoms with Crippen LogP contribution in [0.25, 0.3) is 11.0 Å². The number of hydrogen-bond donors (Lipinski definition) is 0. The molecule has 0 aliphatic rings. The second-order valence-electron chi connectivity index (χ2n) is 2.77. The minimum atomic E-state index is -3.62. The average Bonchev–Trinajstić information content (AvgIpc) is 2.60. The summed E-state index contributed by atoms with van der Waals surface area (Å²) in [7, 11) is -3.62. The van der Waals surface area contributed by atoms with Crippen molar-refractivity contribution in [3.05, 3.63) is 35.4 Å². The highest BCUT2D eigenvalue weighted by Gasteiger charge is 2.21. The lowest BCUT2D eigenvalue weighted by atomic mass is 10.3. The fourth-order valence-electron chi connectivity index (χ4n) is 1.19. The fourth-order valence-corrected chi connectivity index (χ4v) is 2.05. The zero-order valence-corrected chi connectivity index (χ0v) is 8.27. The van der Waals surface area contributed by atoms with Gasteiger partial charge in [0.15, 0.2) is 0 Å². The smallest absolute Gasteiger partial charge is 0.267 e. The van der Waals surface area contributed by atoms with E-state index in [1.165, 1.54) is 18.2 Å². The van der Waals surface area contributed by atoms with E-state index in [0.717, 1.165) is 5.41 Å². The Labute approximate surface area is 84.9 Å². The van der Waals surface area contributed by atoms with Crippen molar-refractivity contribution in [2.45, 2.75) is 4.90 Å². The molecule has 1 heterocycles. The molecule has 6 nitrogen and oxygen atoms in total. The topological polar surface area (TPSA) is 87.1 Å². The van der Waals surface area contributed by atoms with Crippen LogP contribution in [0.1, 0.15) is 0 Å². The van der Waals surface area contributed by atoms with Crippen LogP contribution in [0, 0.1) is 5.21 Å². The van der Waals surface area contributed by atoms with Gasteiger partial charge < -0.3 is 5.21 Å². The summed E-state index contributed by atoms with van der Waals surface area (Å²) < 4.78 is 27.3. The summed E-state index contributed by atoms with van der Waals surface area (Å²) in [5.41, 5.74) is 0.0744. The van der Waals surface area contributed by atoms with E-state index in [9.17, 15) is 13.6 Å². The van der Waals surface area contributed by atoms with Gasteiger partial charge in [-0.2, -0.15) is 0 Å². The Hall–Kier alpha value is -1.89. The van der Waals surface area contributed by atoms with E-state index in [4.69, 9.17) is 0 Å². The molecule has 2 aromatic rings. The molecule has 0 atom stereocenters. The molecule has 15 heavy (non-hydrogen) atoms. The van der Waals surface area contributed by atoms with Crippen LogP contribution in [-0.2, 0) is 9.84 Å². The zero-order chi connectivity index (χ0) is 11.1. The second-order valence-corrected chi connectivity index (χ2v) is 4.63. The molecular formula is C8H6N2O4S. The summed E-state index contributed by atoms with van der Waals surface area (Å²) >= 11 is 0. The van der Waals surface area contributed by atoms with Crippen molar-refractivity contribution in [2.75, 3.05) is 0 Å². The van der Waals surface area contributed by atoms with Crippen LogP contribution in [0.2, 0.25) is 0 Å². The summed E-state index contributed by atoms with van der Waals surface area (Å²) in [5.74, 6) is 0. The van der Waals surface area contributed by atoms with E-state index in [-0.39, 0.29) is 20.8 Å². The number of hydrogen-bond acceptors (Lipinski definition) is 5. The van der Waals surface area contributed by atoms with E-state index >= 15 is 0 Å². The first-order valence-electron chi connectivity index (χ1n) is 3.92. The maximum absolute atomic E-state index is 11.5. The van der Waals surface area contributed by atoms with Gasteiger partial charge in [-0.15, -0.1) is 0 Å². The monoisotopic (exact) mass is 226 g/mol. The Bertz CT molecular complexity index is 629. The lowest BCUT2D eigenvalue weighted by Crippen LogP contribution is -2.22. The summed E-state index contributed by atoms with van der Waals surface area (Å²) in [4.78, 5) is 0.0607. The van der Waals surface area contributed by atoms with Crippen LogP contribution in [-0.4, -0.2) is 13.6 Å². The molecule has 0 bridgehead atoms. The first kappa shape index (κ1) is 9.66. The SMILES string of the molecule is C=CS(=O)(=O)c1cccc2c1no[n+]2[O-]. The van der Waals surface area contributed by atoms with Crippen LogP contribution in [0.5, 0.6) is 0 Å². The van der Waals surface area contributed by atoms with Crippen LogP contribution >= 0.6 is 0 Å². The van der Waals surface area contributed by atoms with Crippen molar-refractivity contribution in [1.29, 1.82) is 0 Å². The highest BCUT2D eigenvalue weighted by atomic mass is 32.2. The van der Waals surface area contributed by atoms with E-state index in [1.54, 1.807) is 0 Å². The molecule has 0 radical (unpaired) electrons. The second kappa shape index (κ2) is 3.06. The summed E-state index contributed by atoms with van der Waals surface area (Å²) in [6.45, 7) is 3.19. The maximum atomic E-state index is 11.5. The molecule has 78 valence electrons. The van der Waals surface area contributed by atoms with Crippen molar-refractivity contribution in [3.8, 4) is 0 Å². The van der Waals surface area contributed by atoms with Crippen molar-refractivity contribution >= 4 is 20.9 Å².